The first-order chi connectivity index (χ1) is 8.94. The van der Waals surface area contributed by atoms with E-state index in [1.165, 1.54) is 6.20 Å². The molecule has 104 valence electrons. The van der Waals surface area contributed by atoms with Crippen molar-refractivity contribution in [3.8, 4) is 0 Å². The summed E-state index contributed by atoms with van der Waals surface area (Å²) < 4.78 is 32.4. The fourth-order valence-electron chi connectivity index (χ4n) is 1.55. The summed E-state index contributed by atoms with van der Waals surface area (Å²) in [6.45, 7) is 2.35. The van der Waals surface area contributed by atoms with Gasteiger partial charge < -0.3 is 10.3 Å². The minimum Gasteiger partial charge on any atom is -0.396 e. The van der Waals surface area contributed by atoms with Crippen molar-refractivity contribution in [3.63, 3.8) is 0 Å². The van der Waals surface area contributed by atoms with Gasteiger partial charge in [-0.25, -0.2) is 13.1 Å². The number of sulfonamides is 1. The number of nitrogens with two attached hydrogens (primary N) is 1. The number of hydrogen-bond acceptors (Lipinski definition) is 6. The Bertz CT molecular complexity index is 646. The van der Waals surface area contributed by atoms with Crippen LogP contribution in [-0.2, 0) is 22.3 Å². The molecule has 2 rings (SSSR count). The molecule has 9 heteroatoms. The summed E-state index contributed by atoms with van der Waals surface area (Å²) in [6.07, 6.45) is 3.14. The Morgan fingerprint density at radius 1 is 1.53 bits per heavy atom. The number of aromatic nitrogens is 3. The van der Waals surface area contributed by atoms with E-state index in [9.17, 15) is 8.42 Å². The molecule has 0 aliphatic carbocycles. The van der Waals surface area contributed by atoms with Crippen LogP contribution in [0.3, 0.4) is 0 Å². The molecule has 0 bridgehead atoms. The normalized spacial score (nSPS) is 11.8. The molecule has 0 saturated heterocycles. The van der Waals surface area contributed by atoms with E-state index in [1.807, 2.05) is 0 Å². The van der Waals surface area contributed by atoms with Gasteiger partial charge in [-0.05, 0) is 6.92 Å². The second-order valence-corrected chi connectivity index (χ2v) is 5.93. The van der Waals surface area contributed by atoms with Crippen LogP contribution in [0, 0.1) is 6.92 Å². The summed E-state index contributed by atoms with van der Waals surface area (Å²) in [4.78, 5) is 0. The Balaban J connectivity index is 1.84. The number of hydrogen-bond donors (Lipinski definition) is 2. The lowest BCUT2D eigenvalue weighted by molar-refractivity contribution is 0.392. The lowest BCUT2D eigenvalue weighted by Crippen LogP contribution is -2.28. The monoisotopic (exact) mass is 285 g/mol. The van der Waals surface area contributed by atoms with Crippen LogP contribution >= 0.6 is 0 Å². The zero-order chi connectivity index (χ0) is 13.9. The molecule has 0 aliphatic heterocycles. The van der Waals surface area contributed by atoms with Crippen molar-refractivity contribution in [2.45, 2.75) is 19.2 Å². The van der Waals surface area contributed by atoms with E-state index in [4.69, 9.17) is 10.3 Å². The maximum Gasteiger partial charge on any atom is 0.217 e. The van der Waals surface area contributed by atoms with Gasteiger partial charge in [0, 0.05) is 18.8 Å². The third-order valence-corrected chi connectivity index (χ3v) is 3.65. The Morgan fingerprint density at radius 3 is 2.89 bits per heavy atom. The van der Waals surface area contributed by atoms with Gasteiger partial charge >= 0.3 is 0 Å². The van der Waals surface area contributed by atoms with Gasteiger partial charge in [0.25, 0.3) is 0 Å². The van der Waals surface area contributed by atoms with Crippen LogP contribution in [0.15, 0.2) is 23.0 Å². The standard InChI is InChI=1S/C10H15N5O3S/c1-8-4-10(14-18-8)7-19(16,17)13-2-3-15-6-9(11)5-12-15/h4-6,13H,2-3,7,11H2,1H3. The molecule has 0 aliphatic rings. The third kappa shape index (κ3) is 4.07. The third-order valence-electron chi connectivity index (χ3n) is 2.33. The first kappa shape index (κ1) is 13.6. The predicted octanol–water partition coefficient (Wildman–Crippen LogP) is -0.119. The van der Waals surface area contributed by atoms with Crippen molar-refractivity contribution in [3.05, 3.63) is 29.9 Å². The molecule has 2 heterocycles. The van der Waals surface area contributed by atoms with Crippen LogP contribution in [0.1, 0.15) is 11.5 Å². The fraction of sp³-hybridized carbons (Fsp3) is 0.400. The van der Waals surface area contributed by atoms with Crippen LogP contribution in [-0.4, -0.2) is 29.9 Å². The van der Waals surface area contributed by atoms with Crippen molar-refractivity contribution in [2.24, 2.45) is 0 Å². The Hall–Kier alpha value is -1.87. The van der Waals surface area contributed by atoms with Gasteiger partial charge in [0.2, 0.25) is 10.0 Å². The Kier molecular flexibility index (Phi) is 3.86. The molecule has 0 spiro atoms. The molecule has 0 saturated carbocycles. The van der Waals surface area contributed by atoms with Gasteiger partial charge in [0.1, 0.15) is 17.2 Å². The second kappa shape index (κ2) is 5.41. The van der Waals surface area contributed by atoms with E-state index in [0.717, 1.165) is 0 Å². The largest absolute Gasteiger partial charge is 0.396 e. The van der Waals surface area contributed by atoms with Crippen LogP contribution in [0.25, 0.3) is 0 Å². The molecule has 19 heavy (non-hydrogen) atoms. The minimum absolute atomic E-state index is 0.203. The summed E-state index contributed by atoms with van der Waals surface area (Å²) in [7, 11) is -3.43. The highest BCUT2D eigenvalue weighted by Gasteiger charge is 2.13. The lowest BCUT2D eigenvalue weighted by atomic mass is 10.4. The molecule has 0 fully saturated rings. The first-order valence-electron chi connectivity index (χ1n) is 5.62. The van der Waals surface area contributed by atoms with Gasteiger partial charge in [0.15, 0.2) is 0 Å². The molecule has 0 aromatic carbocycles. The number of nitrogens with one attached hydrogen (secondary N) is 1. The van der Waals surface area contributed by atoms with Gasteiger partial charge in [-0.3, -0.25) is 4.68 Å². The summed E-state index contributed by atoms with van der Waals surface area (Å²) in [5.74, 6) is 0.378. The highest BCUT2D eigenvalue weighted by atomic mass is 32.2. The molecule has 0 amide bonds. The van der Waals surface area contributed by atoms with Gasteiger partial charge in [0.05, 0.1) is 18.4 Å². The van der Waals surface area contributed by atoms with Gasteiger partial charge in [-0.2, -0.15) is 5.10 Å². The van der Waals surface area contributed by atoms with Crippen molar-refractivity contribution >= 4 is 15.7 Å². The van der Waals surface area contributed by atoms with Crippen LogP contribution < -0.4 is 10.5 Å². The van der Waals surface area contributed by atoms with Crippen LogP contribution in [0.4, 0.5) is 5.69 Å². The predicted molar refractivity (Wildman–Crippen MR) is 68.5 cm³/mol. The second-order valence-electron chi connectivity index (χ2n) is 4.12. The summed E-state index contributed by atoms with van der Waals surface area (Å²) in [5, 5.41) is 7.59. The Labute approximate surface area is 110 Å². The first-order valence-corrected chi connectivity index (χ1v) is 7.27. The van der Waals surface area contributed by atoms with Gasteiger partial charge in [-0.15, -0.1) is 0 Å². The molecular weight excluding hydrogens is 270 g/mol. The lowest BCUT2D eigenvalue weighted by Gasteiger charge is -2.05. The highest BCUT2D eigenvalue weighted by Crippen LogP contribution is 2.05. The highest BCUT2D eigenvalue weighted by molar-refractivity contribution is 7.88. The molecule has 3 N–H and O–H groups in total. The summed E-state index contributed by atoms with van der Waals surface area (Å²) >= 11 is 0. The topological polar surface area (TPSA) is 116 Å². The number of nitrogen functional groups attached to an aromatic ring is 1. The molecule has 0 unspecified atom stereocenters. The van der Waals surface area contributed by atoms with Crippen molar-refractivity contribution < 1.29 is 12.9 Å². The molecule has 2 aromatic rings. The van der Waals surface area contributed by atoms with Gasteiger partial charge in [-0.1, -0.05) is 5.16 Å². The van der Waals surface area contributed by atoms with E-state index in [2.05, 4.69) is 15.0 Å². The van der Waals surface area contributed by atoms with E-state index >= 15 is 0 Å². The molecule has 8 nitrogen and oxygen atoms in total. The average molecular weight is 285 g/mol. The molecule has 0 atom stereocenters. The SMILES string of the molecule is Cc1cc(CS(=O)(=O)NCCn2cc(N)cn2)no1. The minimum atomic E-state index is -3.43. The number of rotatable bonds is 6. The quantitative estimate of drug-likeness (QED) is 0.764. The fourth-order valence-corrected chi connectivity index (χ4v) is 2.58. The van der Waals surface area contributed by atoms with E-state index in [1.54, 1.807) is 23.9 Å². The van der Waals surface area contributed by atoms with Crippen molar-refractivity contribution in [2.75, 3.05) is 12.3 Å². The van der Waals surface area contributed by atoms with Crippen LogP contribution in [0.5, 0.6) is 0 Å². The van der Waals surface area contributed by atoms with E-state index < -0.39 is 10.0 Å². The number of nitrogens with zero attached hydrogens (tertiary/aromatic N) is 3. The van der Waals surface area contributed by atoms with E-state index in [-0.39, 0.29) is 12.3 Å². The maximum absolute atomic E-state index is 11.8. The summed E-state index contributed by atoms with van der Waals surface area (Å²) in [5.41, 5.74) is 6.43. The number of anilines is 1. The molecule has 2 aromatic heterocycles. The molecular formula is C10H15N5O3S. The van der Waals surface area contributed by atoms with E-state index in [0.29, 0.717) is 23.7 Å². The Morgan fingerprint density at radius 2 is 2.32 bits per heavy atom. The maximum atomic E-state index is 11.8. The van der Waals surface area contributed by atoms with Crippen LogP contribution in [0.2, 0.25) is 0 Å². The smallest absolute Gasteiger partial charge is 0.217 e. The summed E-state index contributed by atoms with van der Waals surface area (Å²) in [6, 6.07) is 1.59. The average Bonchev–Trinajstić information content (AvgIpc) is 2.87. The van der Waals surface area contributed by atoms with Crippen molar-refractivity contribution in [1.29, 1.82) is 0 Å². The van der Waals surface area contributed by atoms with Crippen molar-refractivity contribution in [1.82, 2.24) is 19.7 Å². The zero-order valence-electron chi connectivity index (χ0n) is 10.4. The number of aryl methyl sites for hydroxylation is 1. The molecule has 0 radical (unpaired) electrons. The zero-order valence-corrected chi connectivity index (χ0v) is 11.2.